The predicted molar refractivity (Wildman–Crippen MR) is 108 cm³/mol. The minimum atomic E-state index is -0.388. The number of ether oxygens (including phenoxy) is 1. The Morgan fingerprint density at radius 3 is 2.41 bits per heavy atom. The number of rotatable bonds is 7. The van der Waals surface area contributed by atoms with Crippen molar-refractivity contribution in [1.82, 2.24) is 0 Å². The average molecular weight is 383 g/mol. The standard InChI is InChI=1S/C21H21NO4S/c1-3-26-17-7-5-4-6-16(17)22-20(24)18(15-10-8-14(2)9-11-15)19(21(22)25)27-13-12-23/h4-11,23H,3,12-13H2,1-2H3. The summed E-state index contributed by atoms with van der Waals surface area (Å²) in [5.41, 5.74) is 2.55. The van der Waals surface area contributed by atoms with Gasteiger partial charge in [-0.15, -0.1) is 11.8 Å². The monoisotopic (exact) mass is 383 g/mol. The number of carbonyl (C=O) groups excluding carboxylic acids is 2. The van der Waals surface area contributed by atoms with E-state index in [9.17, 15) is 14.7 Å². The van der Waals surface area contributed by atoms with Crippen molar-refractivity contribution in [3.05, 3.63) is 64.6 Å². The van der Waals surface area contributed by atoms with Crippen molar-refractivity contribution in [2.24, 2.45) is 0 Å². The van der Waals surface area contributed by atoms with Crippen LogP contribution in [0, 0.1) is 6.92 Å². The maximum atomic E-state index is 13.2. The summed E-state index contributed by atoms with van der Waals surface area (Å²) in [6.45, 7) is 4.17. The molecule has 0 unspecified atom stereocenters. The molecule has 0 saturated heterocycles. The van der Waals surface area contributed by atoms with Crippen molar-refractivity contribution < 1.29 is 19.4 Å². The number of aryl methyl sites for hydroxylation is 1. The topological polar surface area (TPSA) is 66.8 Å². The lowest BCUT2D eigenvalue weighted by Crippen LogP contribution is -2.31. The van der Waals surface area contributed by atoms with E-state index in [4.69, 9.17) is 4.74 Å². The number of nitrogens with zero attached hydrogens (tertiary/aromatic N) is 1. The van der Waals surface area contributed by atoms with Crippen LogP contribution in [0.1, 0.15) is 18.1 Å². The van der Waals surface area contributed by atoms with Gasteiger partial charge in [0, 0.05) is 5.75 Å². The molecular formula is C21H21NO4S. The highest BCUT2D eigenvalue weighted by Gasteiger charge is 2.41. The highest BCUT2D eigenvalue weighted by Crippen LogP contribution is 2.41. The highest BCUT2D eigenvalue weighted by atomic mass is 32.2. The van der Waals surface area contributed by atoms with E-state index in [1.54, 1.807) is 24.3 Å². The summed E-state index contributed by atoms with van der Waals surface area (Å²) in [5, 5.41) is 9.20. The van der Waals surface area contributed by atoms with Crippen molar-refractivity contribution in [2.75, 3.05) is 23.9 Å². The number of carbonyl (C=O) groups is 2. The van der Waals surface area contributed by atoms with Crippen LogP contribution in [0.4, 0.5) is 5.69 Å². The second-order valence-corrected chi connectivity index (χ2v) is 7.09. The average Bonchev–Trinajstić information content (AvgIpc) is 2.91. The summed E-state index contributed by atoms with van der Waals surface area (Å²) in [7, 11) is 0. The van der Waals surface area contributed by atoms with E-state index in [1.807, 2.05) is 38.1 Å². The SMILES string of the molecule is CCOc1ccccc1N1C(=O)C(SCCO)=C(c2ccc(C)cc2)C1=O. The van der Waals surface area contributed by atoms with Crippen LogP contribution in [-0.2, 0) is 9.59 Å². The van der Waals surface area contributed by atoms with E-state index in [2.05, 4.69) is 0 Å². The van der Waals surface area contributed by atoms with Crippen LogP contribution in [0.2, 0.25) is 0 Å². The maximum absolute atomic E-state index is 13.2. The lowest BCUT2D eigenvalue weighted by Gasteiger charge is -2.18. The first kappa shape index (κ1) is 19.2. The zero-order chi connectivity index (χ0) is 19.4. The third-order valence-corrected chi connectivity index (χ3v) is 5.18. The van der Waals surface area contributed by atoms with Crippen LogP contribution in [0.3, 0.4) is 0 Å². The van der Waals surface area contributed by atoms with Gasteiger partial charge in [0.05, 0.1) is 29.4 Å². The summed E-state index contributed by atoms with van der Waals surface area (Å²) in [4.78, 5) is 27.9. The smallest absolute Gasteiger partial charge is 0.272 e. The van der Waals surface area contributed by atoms with Crippen molar-refractivity contribution >= 4 is 34.8 Å². The number of hydrogen-bond donors (Lipinski definition) is 1. The zero-order valence-corrected chi connectivity index (χ0v) is 16.1. The lowest BCUT2D eigenvalue weighted by molar-refractivity contribution is -0.119. The first-order valence-corrected chi connectivity index (χ1v) is 9.72. The van der Waals surface area contributed by atoms with Gasteiger partial charge in [0.15, 0.2) is 0 Å². The predicted octanol–water partition coefficient (Wildman–Crippen LogP) is 3.40. The fourth-order valence-corrected chi connectivity index (χ4v) is 3.76. The Hall–Kier alpha value is -2.57. The van der Waals surface area contributed by atoms with Gasteiger partial charge in [-0.2, -0.15) is 0 Å². The van der Waals surface area contributed by atoms with Gasteiger partial charge in [0.1, 0.15) is 5.75 Å². The molecule has 0 saturated carbocycles. The van der Waals surface area contributed by atoms with Crippen LogP contribution in [0.25, 0.3) is 5.57 Å². The van der Waals surface area contributed by atoms with E-state index in [0.29, 0.717) is 39.8 Å². The Bertz CT molecular complexity index is 889. The second kappa shape index (κ2) is 8.41. The fourth-order valence-electron chi connectivity index (χ4n) is 2.90. The molecule has 0 fully saturated rings. The summed E-state index contributed by atoms with van der Waals surface area (Å²) in [6, 6.07) is 14.5. The Labute approximate surface area is 162 Å². The van der Waals surface area contributed by atoms with Crippen LogP contribution < -0.4 is 9.64 Å². The van der Waals surface area contributed by atoms with Crippen molar-refractivity contribution in [3.8, 4) is 5.75 Å². The Morgan fingerprint density at radius 2 is 1.74 bits per heavy atom. The molecule has 0 bridgehead atoms. The quantitative estimate of drug-likeness (QED) is 0.742. The van der Waals surface area contributed by atoms with Crippen LogP contribution in [0.5, 0.6) is 5.75 Å². The molecule has 0 spiro atoms. The molecule has 27 heavy (non-hydrogen) atoms. The van der Waals surface area contributed by atoms with Gasteiger partial charge in [-0.05, 0) is 31.5 Å². The molecule has 2 aromatic rings. The van der Waals surface area contributed by atoms with Gasteiger partial charge < -0.3 is 9.84 Å². The maximum Gasteiger partial charge on any atom is 0.272 e. The van der Waals surface area contributed by atoms with E-state index >= 15 is 0 Å². The Balaban J connectivity index is 2.08. The van der Waals surface area contributed by atoms with Crippen molar-refractivity contribution in [2.45, 2.75) is 13.8 Å². The first-order valence-electron chi connectivity index (χ1n) is 8.74. The molecular weight excluding hydrogens is 362 g/mol. The van der Waals surface area contributed by atoms with Crippen LogP contribution in [-0.4, -0.2) is 35.9 Å². The van der Waals surface area contributed by atoms with Gasteiger partial charge in [0.25, 0.3) is 11.8 Å². The molecule has 3 rings (SSSR count). The third kappa shape index (κ3) is 3.77. The Morgan fingerprint density at radius 1 is 1.04 bits per heavy atom. The van der Waals surface area contributed by atoms with Gasteiger partial charge in [0.2, 0.25) is 0 Å². The fraction of sp³-hybridized carbons (Fsp3) is 0.238. The van der Waals surface area contributed by atoms with Crippen LogP contribution >= 0.6 is 11.8 Å². The number of para-hydroxylation sites is 2. The summed E-state index contributed by atoms with van der Waals surface area (Å²) >= 11 is 1.20. The molecule has 6 heteroatoms. The Kier molecular flexibility index (Phi) is 5.98. The zero-order valence-electron chi connectivity index (χ0n) is 15.3. The van der Waals surface area contributed by atoms with Crippen molar-refractivity contribution in [1.29, 1.82) is 0 Å². The number of aliphatic hydroxyl groups is 1. The number of amides is 2. The molecule has 1 heterocycles. The summed E-state index contributed by atoms with van der Waals surface area (Å²) < 4.78 is 5.61. The molecule has 0 radical (unpaired) electrons. The van der Waals surface area contributed by atoms with E-state index in [0.717, 1.165) is 5.56 Å². The number of aliphatic hydroxyl groups excluding tert-OH is 1. The van der Waals surface area contributed by atoms with E-state index < -0.39 is 0 Å². The summed E-state index contributed by atoms with van der Waals surface area (Å²) in [6.07, 6.45) is 0. The van der Waals surface area contributed by atoms with Crippen LogP contribution in [0.15, 0.2) is 53.4 Å². The molecule has 0 aromatic heterocycles. The number of hydrogen-bond acceptors (Lipinski definition) is 5. The molecule has 1 aliphatic rings. The number of anilines is 1. The van der Waals surface area contributed by atoms with Crippen molar-refractivity contribution in [3.63, 3.8) is 0 Å². The van der Waals surface area contributed by atoms with E-state index in [1.165, 1.54) is 16.7 Å². The highest BCUT2D eigenvalue weighted by molar-refractivity contribution is 8.04. The molecule has 1 aliphatic heterocycles. The lowest BCUT2D eigenvalue weighted by atomic mass is 10.0. The second-order valence-electron chi connectivity index (χ2n) is 5.99. The van der Waals surface area contributed by atoms with Gasteiger partial charge in [-0.25, -0.2) is 4.90 Å². The van der Waals surface area contributed by atoms with E-state index in [-0.39, 0.29) is 18.4 Å². The molecule has 2 aromatic carbocycles. The molecule has 0 atom stereocenters. The van der Waals surface area contributed by atoms with Gasteiger partial charge in [-0.1, -0.05) is 42.0 Å². The summed E-state index contributed by atoms with van der Waals surface area (Å²) in [5.74, 6) is 0.0565. The first-order chi connectivity index (χ1) is 13.1. The third-order valence-electron chi connectivity index (χ3n) is 4.13. The minimum absolute atomic E-state index is 0.0770. The largest absolute Gasteiger partial charge is 0.492 e. The normalized spacial score (nSPS) is 14.3. The number of thioether (sulfide) groups is 1. The minimum Gasteiger partial charge on any atom is -0.492 e. The molecule has 0 aliphatic carbocycles. The number of imide groups is 1. The number of benzene rings is 2. The van der Waals surface area contributed by atoms with Gasteiger partial charge in [-0.3, -0.25) is 9.59 Å². The molecule has 2 amide bonds. The molecule has 140 valence electrons. The molecule has 1 N–H and O–H groups in total. The van der Waals surface area contributed by atoms with Gasteiger partial charge >= 0.3 is 0 Å². The molecule has 5 nitrogen and oxygen atoms in total.